The number of ketones is 1. The van der Waals surface area contributed by atoms with Gasteiger partial charge in [0, 0.05) is 38.4 Å². The second-order valence-corrected chi connectivity index (χ2v) is 9.56. The monoisotopic (exact) mass is 536 g/mol. The average Bonchev–Trinajstić information content (AvgIpc) is 3.65. The highest BCUT2D eigenvalue weighted by Gasteiger charge is 2.30. The van der Waals surface area contributed by atoms with Gasteiger partial charge in [-0.1, -0.05) is 0 Å². The van der Waals surface area contributed by atoms with Crippen LogP contribution in [-0.2, 0) is 0 Å². The van der Waals surface area contributed by atoms with Crippen molar-refractivity contribution in [2.24, 2.45) is 0 Å². The molecule has 1 aliphatic heterocycles. The maximum Gasteiger partial charge on any atom is 0.341 e. The van der Waals surface area contributed by atoms with Crippen molar-refractivity contribution in [2.45, 2.75) is 18.9 Å². The van der Waals surface area contributed by atoms with Crippen molar-refractivity contribution >= 4 is 28.6 Å². The minimum Gasteiger partial charge on any atom is -0.477 e. The van der Waals surface area contributed by atoms with E-state index in [0.717, 1.165) is 18.9 Å². The van der Waals surface area contributed by atoms with E-state index in [1.54, 1.807) is 9.47 Å². The second kappa shape index (κ2) is 9.62. The van der Waals surface area contributed by atoms with Gasteiger partial charge in [0.2, 0.25) is 17.0 Å². The number of aromatic carboxylic acids is 1. The number of rotatable bonds is 7. The number of tetrazole rings is 1. The van der Waals surface area contributed by atoms with E-state index in [0.29, 0.717) is 31.9 Å². The molecule has 0 amide bonds. The quantitative estimate of drug-likeness (QED) is 0.347. The number of anilines is 1. The van der Waals surface area contributed by atoms with Gasteiger partial charge in [-0.3, -0.25) is 14.5 Å². The van der Waals surface area contributed by atoms with Crippen molar-refractivity contribution in [1.29, 1.82) is 0 Å². The number of carboxylic acid groups (broad SMARTS) is 1. The zero-order valence-corrected chi connectivity index (χ0v) is 20.5. The van der Waals surface area contributed by atoms with Gasteiger partial charge in [-0.05, 0) is 53.6 Å². The summed E-state index contributed by atoms with van der Waals surface area (Å²) in [5, 5.41) is 20.6. The first kappa shape index (κ1) is 24.7. The summed E-state index contributed by atoms with van der Waals surface area (Å²) in [7, 11) is 0. The predicted octanol–water partition coefficient (Wildman–Crippen LogP) is 1.69. The maximum absolute atomic E-state index is 15.2. The van der Waals surface area contributed by atoms with E-state index in [-0.39, 0.29) is 41.0 Å². The third-order valence-electron chi connectivity index (χ3n) is 6.94. The Labute approximate surface area is 219 Å². The van der Waals surface area contributed by atoms with E-state index in [2.05, 4.69) is 20.5 Å². The van der Waals surface area contributed by atoms with Crippen LogP contribution in [0.25, 0.3) is 16.7 Å². The van der Waals surface area contributed by atoms with E-state index in [9.17, 15) is 23.9 Å². The Balaban J connectivity index is 1.19. The third kappa shape index (κ3) is 4.63. The molecule has 12 nitrogen and oxygen atoms in total. The van der Waals surface area contributed by atoms with Gasteiger partial charge in [0.15, 0.2) is 11.6 Å². The van der Waals surface area contributed by atoms with Crippen molar-refractivity contribution in [3.63, 3.8) is 0 Å². The van der Waals surface area contributed by atoms with Crippen molar-refractivity contribution in [3.8, 4) is 5.69 Å². The highest BCUT2D eigenvalue weighted by molar-refractivity contribution is 5.94. The number of fused-ring (bicyclic) bond motifs is 1. The van der Waals surface area contributed by atoms with Crippen molar-refractivity contribution in [2.75, 3.05) is 37.6 Å². The zero-order chi connectivity index (χ0) is 27.3. The summed E-state index contributed by atoms with van der Waals surface area (Å²) in [6.07, 6.45) is 2.94. The van der Waals surface area contributed by atoms with Crippen LogP contribution in [0.3, 0.4) is 0 Å². The number of piperazine rings is 1. The van der Waals surface area contributed by atoms with E-state index in [4.69, 9.17) is 0 Å². The Bertz CT molecular complexity index is 1660. The van der Waals surface area contributed by atoms with Gasteiger partial charge < -0.3 is 14.6 Å². The molecule has 14 heteroatoms. The number of benzene rings is 1. The van der Waals surface area contributed by atoms with Crippen molar-refractivity contribution in [3.05, 3.63) is 69.8 Å². The van der Waals surface area contributed by atoms with Crippen LogP contribution < -0.4 is 10.3 Å². The molecule has 2 aliphatic rings. The number of Topliss-reactive ketones (excluding diaryl/α,β-unsaturated/α-hetero) is 1. The number of carboxylic acids is 1. The Kier molecular flexibility index (Phi) is 6.10. The van der Waals surface area contributed by atoms with Crippen LogP contribution in [0.2, 0.25) is 0 Å². The molecule has 0 spiro atoms. The van der Waals surface area contributed by atoms with Gasteiger partial charge in [0.05, 0.1) is 17.6 Å². The number of hydrogen-bond acceptors (Lipinski definition) is 9. The molecule has 0 unspecified atom stereocenters. The van der Waals surface area contributed by atoms with Gasteiger partial charge in [0.1, 0.15) is 17.0 Å². The summed E-state index contributed by atoms with van der Waals surface area (Å²) in [6, 6.07) is 6.52. The van der Waals surface area contributed by atoms with Gasteiger partial charge in [0.25, 0.3) is 0 Å². The molecule has 200 valence electrons. The van der Waals surface area contributed by atoms with E-state index < -0.39 is 28.6 Å². The molecule has 0 atom stereocenters. The molecule has 1 N–H and O–H groups in total. The van der Waals surface area contributed by atoms with Crippen LogP contribution >= 0.6 is 0 Å². The summed E-state index contributed by atoms with van der Waals surface area (Å²) >= 11 is 0. The highest BCUT2D eigenvalue weighted by Crippen LogP contribution is 2.37. The molecule has 1 aliphatic carbocycles. The van der Waals surface area contributed by atoms with Gasteiger partial charge >= 0.3 is 5.97 Å². The lowest BCUT2D eigenvalue weighted by molar-refractivity contribution is 0.0694. The third-order valence-corrected chi connectivity index (χ3v) is 6.94. The fourth-order valence-corrected chi connectivity index (χ4v) is 4.75. The van der Waals surface area contributed by atoms with E-state index in [1.165, 1.54) is 35.1 Å². The smallest absolute Gasteiger partial charge is 0.341 e. The SMILES string of the molecule is O=C(O)c1cn(C2CC2)c2nc(N3CCN(CC(=O)c4nnnn4-c4ccc(F)cc4)CC3)c(F)cc2c1=O. The molecule has 2 fully saturated rings. The Hall–Kier alpha value is -4.59. The number of halogens is 2. The molecule has 6 rings (SSSR count). The summed E-state index contributed by atoms with van der Waals surface area (Å²) in [4.78, 5) is 45.3. The molecule has 4 heterocycles. The van der Waals surface area contributed by atoms with Crippen molar-refractivity contribution < 1.29 is 23.5 Å². The predicted molar refractivity (Wildman–Crippen MR) is 133 cm³/mol. The van der Waals surface area contributed by atoms with Crippen LogP contribution in [0.4, 0.5) is 14.6 Å². The number of carbonyl (C=O) groups is 2. The first-order valence-electron chi connectivity index (χ1n) is 12.3. The largest absolute Gasteiger partial charge is 0.477 e. The summed E-state index contributed by atoms with van der Waals surface area (Å²) in [5.74, 6) is -2.73. The maximum atomic E-state index is 15.2. The molecular weight excluding hydrogens is 514 g/mol. The fraction of sp³-hybridized carbons (Fsp3) is 0.320. The van der Waals surface area contributed by atoms with Gasteiger partial charge in [-0.2, -0.15) is 4.68 Å². The van der Waals surface area contributed by atoms with Crippen LogP contribution in [0.5, 0.6) is 0 Å². The lowest BCUT2D eigenvalue weighted by atomic mass is 10.1. The topological polar surface area (TPSA) is 139 Å². The molecule has 4 aromatic rings. The second-order valence-electron chi connectivity index (χ2n) is 9.56. The first-order chi connectivity index (χ1) is 18.8. The number of aromatic nitrogens is 6. The number of hydrogen-bond donors (Lipinski definition) is 1. The molecule has 0 bridgehead atoms. The normalized spacial score (nSPS) is 16.1. The summed E-state index contributed by atoms with van der Waals surface area (Å²) in [6.45, 7) is 1.62. The molecule has 0 radical (unpaired) electrons. The zero-order valence-electron chi connectivity index (χ0n) is 20.5. The van der Waals surface area contributed by atoms with E-state index >= 15 is 4.39 Å². The Morgan fingerprint density at radius 3 is 2.44 bits per heavy atom. The Morgan fingerprint density at radius 2 is 1.77 bits per heavy atom. The summed E-state index contributed by atoms with van der Waals surface area (Å²) < 4.78 is 31.4. The number of carbonyl (C=O) groups excluding carboxylic acids is 1. The molecule has 1 saturated heterocycles. The standard InChI is InChI=1S/C25H22F2N8O4/c26-14-1-3-16(4-2-14)35-24(29-30-31-35)20(36)13-32-7-9-33(10-8-32)23-19(27)11-17-21(37)18(25(38)39)12-34(15-5-6-15)22(17)28-23/h1-4,11-12,15H,5-10,13H2,(H,38,39). The molecule has 39 heavy (non-hydrogen) atoms. The molecule has 1 aromatic carbocycles. The van der Waals surface area contributed by atoms with Crippen LogP contribution in [-0.4, -0.2) is 84.2 Å². The lowest BCUT2D eigenvalue weighted by Crippen LogP contribution is -2.48. The molecule has 1 saturated carbocycles. The summed E-state index contributed by atoms with van der Waals surface area (Å²) in [5.41, 5.74) is -0.465. The minimum atomic E-state index is -1.36. The number of nitrogens with zero attached hydrogens (tertiary/aromatic N) is 8. The van der Waals surface area contributed by atoms with Gasteiger partial charge in [-0.25, -0.2) is 18.6 Å². The van der Waals surface area contributed by atoms with E-state index in [1.807, 2.05) is 4.90 Å². The highest BCUT2D eigenvalue weighted by atomic mass is 19.1. The minimum absolute atomic E-state index is 0.0186. The van der Waals surface area contributed by atoms with Gasteiger partial charge in [-0.15, -0.1) is 5.10 Å². The molecule has 3 aromatic heterocycles. The Morgan fingerprint density at radius 1 is 1.05 bits per heavy atom. The van der Waals surface area contributed by atoms with Crippen LogP contribution in [0, 0.1) is 11.6 Å². The fourth-order valence-electron chi connectivity index (χ4n) is 4.75. The number of pyridine rings is 2. The molecular formula is C25H22F2N8O4. The van der Waals surface area contributed by atoms with Crippen LogP contribution in [0.1, 0.15) is 39.9 Å². The van der Waals surface area contributed by atoms with Crippen molar-refractivity contribution in [1.82, 2.24) is 34.7 Å². The van der Waals surface area contributed by atoms with Crippen LogP contribution in [0.15, 0.2) is 41.3 Å². The first-order valence-corrected chi connectivity index (χ1v) is 12.3. The lowest BCUT2D eigenvalue weighted by Gasteiger charge is -2.35. The average molecular weight is 536 g/mol.